The Kier molecular flexibility index (Phi) is 7.46. The minimum atomic E-state index is -0.466. The molecule has 1 atom stereocenters. The Morgan fingerprint density at radius 1 is 1.00 bits per heavy atom. The van der Waals surface area contributed by atoms with Crippen molar-refractivity contribution in [3.63, 3.8) is 0 Å². The number of para-hydroxylation sites is 2. The fourth-order valence-electron chi connectivity index (χ4n) is 3.44. The van der Waals surface area contributed by atoms with Crippen LogP contribution >= 0.6 is 0 Å². The van der Waals surface area contributed by atoms with E-state index in [1.807, 2.05) is 97.7 Å². The highest BCUT2D eigenvalue weighted by atomic mass is 16.5. The molecule has 0 saturated heterocycles. The zero-order valence-electron chi connectivity index (χ0n) is 17.7. The topological polar surface area (TPSA) is 50.8 Å². The molecule has 0 aliphatic carbocycles. The van der Waals surface area contributed by atoms with Gasteiger partial charge in [0.2, 0.25) is 5.91 Å². The summed E-state index contributed by atoms with van der Waals surface area (Å²) in [6, 6.07) is 24.7. The molecule has 0 aromatic heterocycles. The van der Waals surface area contributed by atoms with Crippen LogP contribution in [0.1, 0.15) is 24.1 Å². The Labute approximate surface area is 178 Å². The lowest BCUT2D eigenvalue weighted by atomic mass is 10.0. The number of carbonyl (C=O) groups excluding carboxylic acids is 1. The number of hydrogen-bond acceptors (Lipinski definition) is 4. The Morgan fingerprint density at radius 2 is 1.73 bits per heavy atom. The van der Waals surface area contributed by atoms with Crippen LogP contribution in [0.3, 0.4) is 0 Å². The van der Waals surface area contributed by atoms with E-state index >= 15 is 0 Å². The smallest absolute Gasteiger partial charge is 0.246 e. The van der Waals surface area contributed by atoms with Crippen LogP contribution in [0.5, 0.6) is 11.5 Å². The van der Waals surface area contributed by atoms with E-state index < -0.39 is 6.04 Å². The summed E-state index contributed by atoms with van der Waals surface area (Å²) in [5.74, 6) is 1.35. The summed E-state index contributed by atoms with van der Waals surface area (Å²) < 4.78 is 11.0. The first-order chi connectivity index (χ1) is 14.6. The van der Waals surface area contributed by atoms with Crippen LogP contribution in [0.2, 0.25) is 0 Å². The molecule has 5 heteroatoms. The van der Waals surface area contributed by atoms with Gasteiger partial charge in [-0.05, 0) is 49.4 Å². The van der Waals surface area contributed by atoms with Gasteiger partial charge in [-0.1, -0.05) is 54.6 Å². The third-order valence-electron chi connectivity index (χ3n) is 4.82. The molecule has 0 radical (unpaired) electrons. The fourth-order valence-corrected chi connectivity index (χ4v) is 3.44. The average Bonchev–Trinajstić information content (AvgIpc) is 2.76. The number of methoxy groups -OCH3 is 1. The van der Waals surface area contributed by atoms with Crippen molar-refractivity contribution in [1.29, 1.82) is 0 Å². The molecule has 0 saturated carbocycles. The molecule has 3 aromatic carbocycles. The van der Waals surface area contributed by atoms with Gasteiger partial charge in [0.1, 0.15) is 17.5 Å². The van der Waals surface area contributed by atoms with Gasteiger partial charge in [0.05, 0.1) is 19.4 Å². The Hall–Kier alpha value is -3.31. The van der Waals surface area contributed by atoms with E-state index in [0.29, 0.717) is 24.6 Å². The van der Waals surface area contributed by atoms with Crippen molar-refractivity contribution in [2.75, 3.05) is 26.1 Å². The molecule has 30 heavy (non-hydrogen) atoms. The standard InChI is InChI=1S/C25H28N2O3/c1-4-30-23-16-9-8-15-22(23)26-25(28)24(20-12-6-5-7-13-20)27(2)18-19-11-10-14-21(17-19)29-3/h5-17,24H,4,18H2,1-3H3,(H,26,28). The lowest BCUT2D eigenvalue weighted by Gasteiger charge is -2.28. The second-order valence-electron chi connectivity index (χ2n) is 7.00. The lowest BCUT2D eigenvalue weighted by Crippen LogP contribution is -2.34. The number of amides is 1. The number of nitrogens with one attached hydrogen (secondary N) is 1. The number of hydrogen-bond donors (Lipinski definition) is 1. The molecule has 3 aromatic rings. The zero-order valence-corrected chi connectivity index (χ0v) is 17.7. The van der Waals surface area contributed by atoms with E-state index in [4.69, 9.17) is 9.47 Å². The number of nitrogens with zero attached hydrogens (tertiary/aromatic N) is 1. The molecule has 1 amide bonds. The normalized spacial score (nSPS) is 11.7. The lowest BCUT2D eigenvalue weighted by molar-refractivity contribution is -0.121. The predicted octanol–water partition coefficient (Wildman–Crippen LogP) is 4.91. The second kappa shape index (κ2) is 10.5. The molecule has 0 bridgehead atoms. The molecule has 1 unspecified atom stereocenters. The van der Waals surface area contributed by atoms with Crippen molar-refractivity contribution >= 4 is 11.6 Å². The second-order valence-corrected chi connectivity index (χ2v) is 7.00. The zero-order chi connectivity index (χ0) is 21.3. The van der Waals surface area contributed by atoms with E-state index in [9.17, 15) is 4.79 Å². The first-order valence-electron chi connectivity index (χ1n) is 10.0. The maximum absolute atomic E-state index is 13.4. The number of benzene rings is 3. The first kappa shape index (κ1) is 21.4. The van der Waals surface area contributed by atoms with Gasteiger partial charge in [-0.2, -0.15) is 0 Å². The molecule has 1 N–H and O–H groups in total. The summed E-state index contributed by atoms with van der Waals surface area (Å²) in [5.41, 5.74) is 2.66. The van der Waals surface area contributed by atoms with Crippen molar-refractivity contribution in [3.8, 4) is 11.5 Å². The van der Waals surface area contributed by atoms with Crippen LogP contribution in [0, 0.1) is 0 Å². The van der Waals surface area contributed by atoms with Crippen molar-refractivity contribution in [3.05, 3.63) is 90.0 Å². The summed E-state index contributed by atoms with van der Waals surface area (Å²) in [7, 11) is 3.60. The number of ether oxygens (including phenoxy) is 2. The van der Waals surface area contributed by atoms with E-state index in [1.54, 1.807) is 7.11 Å². The van der Waals surface area contributed by atoms with Gasteiger partial charge in [0.15, 0.2) is 0 Å². The maximum atomic E-state index is 13.4. The molecule has 0 aliphatic rings. The largest absolute Gasteiger partial charge is 0.497 e. The van der Waals surface area contributed by atoms with E-state index in [1.165, 1.54) is 0 Å². The first-order valence-corrected chi connectivity index (χ1v) is 10.0. The van der Waals surface area contributed by atoms with Crippen LogP contribution in [0.4, 0.5) is 5.69 Å². The number of rotatable bonds is 9. The molecular formula is C25H28N2O3. The molecule has 0 spiro atoms. The van der Waals surface area contributed by atoms with Crippen molar-refractivity contribution in [1.82, 2.24) is 4.90 Å². The molecule has 156 valence electrons. The fraction of sp³-hybridized carbons (Fsp3) is 0.240. The molecule has 3 rings (SSSR count). The van der Waals surface area contributed by atoms with Gasteiger partial charge >= 0.3 is 0 Å². The maximum Gasteiger partial charge on any atom is 0.246 e. The Morgan fingerprint density at radius 3 is 2.47 bits per heavy atom. The molecule has 0 aliphatic heterocycles. The highest BCUT2D eigenvalue weighted by molar-refractivity contribution is 5.96. The number of carbonyl (C=O) groups is 1. The van der Waals surface area contributed by atoms with Gasteiger partial charge in [0.25, 0.3) is 0 Å². The minimum absolute atomic E-state index is 0.112. The van der Waals surface area contributed by atoms with E-state index in [0.717, 1.165) is 16.9 Å². The summed E-state index contributed by atoms with van der Waals surface area (Å²) in [6.07, 6.45) is 0. The summed E-state index contributed by atoms with van der Waals surface area (Å²) in [6.45, 7) is 3.05. The molecule has 0 fully saturated rings. The predicted molar refractivity (Wildman–Crippen MR) is 120 cm³/mol. The van der Waals surface area contributed by atoms with Crippen LogP contribution in [-0.4, -0.2) is 31.6 Å². The third-order valence-corrected chi connectivity index (χ3v) is 4.82. The van der Waals surface area contributed by atoms with Crippen LogP contribution in [0.25, 0.3) is 0 Å². The van der Waals surface area contributed by atoms with Crippen molar-refractivity contribution < 1.29 is 14.3 Å². The van der Waals surface area contributed by atoms with Gasteiger partial charge in [-0.25, -0.2) is 0 Å². The summed E-state index contributed by atoms with van der Waals surface area (Å²) in [5, 5.41) is 3.05. The van der Waals surface area contributed by atoms with E-state index in [2.05, 4.69) is 5.32 Å². The Bertz CT molecular complexity index is 959. The van der Waals surface area contributed by atoms with Gasteiger partial charge in [0, 0.05) is 6.54 Å². The Balaban J connectivity index is 1.86. The number of anilines is 1. The monoisotopic (exact) mass is 404 g/mol. The van der Waals surface area contributed by atoms with Crippen LogP contribution in [0.15, 0.2) is 78.9 Å². The minimum Gasteiger partial charge on any atom is -0.497 e. The van der Waals surface area contributed by atoms with Gasteiger partial charge in [-0.3, -0.25) is 9.69 Å². The molecular weight excluding hydrogens is 376 g/mol. The highest BCUT2D eigenvalue weighted by Crippen LogP contribution is 2.28. The molecule has 5 nitrogen and oxygen atoms in total. The van der Waals surface area contributed by atoms with Crippen LogP contribution < -0.4 is 14.8 Å². The summed E-state index contributed by atoms with van der Waals surface area (Å²) >= 11 is 0. The quantitative estimate of drug-likeness (QED) is 0.551. The van der Waals surface area contributed by atoms with Gasteiger partial charge in [-0.15, -0.1) is 0 Å². The van der Waals surface area contributed by atoms with Gasteiger partial charge < -0.3 is 14.8 Å². The summed E-state index contributed by atoms with van der Waals surface area (Å²) in [4.78, 5) is 15.4. The third kappa shape index (κ3) is 5.39. The highest BCUT2D eigenvalue weighted by Gasteiger charge is 2.26. The van der Waals surface area contributed by atoms with Crippen molar-refractivity contribution in [2.24, 2.45) is 0 Å². The van der Waals surface area contributed by atoms with Crippen LogP contribution in [-0.2, 0) is 11.3 Å². The number of likely N-dealkylation sites (N-methyl/N-ethyl adjacent to an activating group) is 1. The SMILES string of the molecule is CCOc1ccccc1NC(=O)C(c1ccccc1)N(C)Cc1cccc(OC)c1. The van der Waals surface area contributed by atoms with E-state index in [-0.39, 0.29) is 5.91 Å². The molecule has 0 heterocycles. The van der Waals surface area contributed by atoms with Crippen molar-refractivity contribution in [2.45, 2.75) is 19.5 Å². The average molecular weight is 405 g/mol.